The quantitative estimate of drug-likeness (QED) is 0.728. The predicted molar refractivity (Wildman–Crippen MR) is 49.7 cm³/mol. The Morgan fingerprint density at radius 2 is 2.08 bits per heavy atom. The van der Waals surface area contributed by atoms with Crippen LogP contribution < -0.4 is 0 Å². The van der Waals surface area contributed by atoms with Gasteiger partial charge < -0.3 is 14.9 Å². The smallest absolute Gasteiger partial charge is 0.118 e. The molecule has 1 aromatic carbocycles. The molecule has 0 heterocycles. The molecule has 0 aliphatic heterocycles. The highest BCUT2D eigenvalue weighted by Gasteiger charge is 2.08. The highest BCUT2D eigenvalue weighted by molar-refractivity contribution is 5.32. The topological polar surface area (TPSA) is 49.7 Å². The molecule has 0 saturated heterocycles. The molecule has 0 saturated carbocycles. The molecule has 1 aromatic rings. The second kappa shape index (κ2) is 4.84. The van der Waals surface area contributed by atoms with Gasteiger partial charge in [0.1, 0.15) is 5.75 Å². The van der Waals surface area contributed by atoms with E-state index in [1.54, 1.807) is 19.2 Å². The molecule has 3 nitrogen and oxygen atoms in total. The third kappa shape index (κ3) is 2.72. The third-order valence-corrected chi connectivity index (χ3v) is 1.98. The Labute approximate surface area is 77.6 Å². The van der Waals surface area contributed by atoms with Gasteiger partial charge in [0.2, 0.25) is 0 Å². The largest absolute Gasteiger partial charge is 0.508 e. The van der Waals surface area contributed by atoms with Crippen molar-refractivity contribution in [3.05, 3.63) is 29.8 Å². The monoisotopic (exact) mass is 182 g/mol. The Balaban J connectivity index is 2.67. The SMILES string of the molecule is COC(CO)Cc1ccccc1O. The van der Waals surface area contributed by atoms with Crippen molar-refractivity contribution in [2.45, 2.75) is 12.5 Å². The summed E-state index contributed by atoms with van der Waals surface area (Å²) in [4.78, 5) is 0. The van der Waals surface area contributed by atoms with Gasteiger partial charge in [0.15, 0.2) is 0 Å². The van der Waals surface area contributed by atoms with Crippen molar-refractivity contribution < 1.29 is 14.9 Å². The summed E-state index contributed by atoms with van der Waals surface area (Å²) in [5.41, 5.74) is 0.795. The van der Waals surface area contributed by atoms with E-state index in [9.17, 15) is 5.11 Å². The van der Waals surface area contributed by atoms with Gasteiger partial charge >= 0.3 is 0 Å². The number of methoxy groups -OCH3 is 1. The maximum atomic E-state index is 9.41. The van der Waals surface area contributed by atoms with Crippen LogP contribution in [-0.2, 0) is 11.2 Å². The summed E-state index contributed by atoms with van der Waals surface area (Å²) in [5, 5.41) is 18.3. The molecule has 0 aliphatic carbocycles. The molecule has 0 spiro atoms. The van der Waals surface area contributed by atoms with Crippen LogP contribution in [0.1, 0.15) is 5.56 Å². The molecule has 0 aliphatic rings. The first-order valence-corrected chi connectivity index (χ1v) is 4.18. The summed E-state index contributed by atoms with van der Waals surface area (Å²) >= 11 is 0. The minimum atomic E-state index is -0.242. The predicted octanol–water partition coefficient (Wildman–Crippen LogP) is 0.942. The lowest BCUT2D eigenvalue weighted by atomic mass is 10.1. The molecular formula is C10H14O3. The molecule has 3 heteroatoms. The van der Waals surface area contributed by atoms with Crippen LogP contribution in [0.3, 0.4) is 0 Å². The first-order chi connectivity index (χ1) is 6.27. The van der Waals surface area contributed by atoms with E-state index in [0.717, 1.165) is 5.56 Å². The number of hydrogen-bond donors (Lipinski definition) is 2. The first kappa shape index (κ1) is 10.0. The van der Waals surface area contributed by atoms with Gasteiger partial charge in [-0.05, 0) is 11.6 Å². The molecule has 0 fully saturated rings. The average molecular weight is 182 g/mol. The molecule has 1 rings (SSSR count). The average Bonchev–Trinajstić information content (AvgIpc) is 2.17. The molecule has 13 heavy (non-hydrogen) atoms. The summed E-state index contributed by atoms with van der Waals surface area (Å²) in [6.45, 7) is -0.0369. The van der Waals surface area contributed by atoms with E-state index < -0.39 is 0 Å². The van der Waals surface area contributed by atoms with Crippen molar-refractivity contribution in [1.82, 2.24) is 0 Å². The maximum Gasteiger partial charge on any atom is 0.118 e. The van der Waals surface area contributed by atoms with E-state index in [0.29, 0.717) is 6.42 Å². The van der Waals surface area contributed by atoms with Crippen molar-refractivity contribution >= 4 is 0 Å². The lowest BCUT2D eigenvalue weighted by Gasteiger charge is -2.12. The van der Waals surface area contributed by atoms with Crippen molar-refractivity contribution in [2.24, 2.45) is 0 Å². The lowest BCUT2D eigenvalue weighted by molar-refractivity contribution is 0.0491. The molecule has 0 amide bonds. The normalized spacial score (nSPS) is 12.8. The van der Waals surface area contributed by atoms with Crippen LogP contribution in [0.15, 0.2) is 24.3 Å². The number of rotatable bonds is 4. The molecule has 72 valence electrons. The van der Waals surface area contributed by atoms with Crippen LogP contribution in [-0.4, -0.2) is 30.0 Å². The van der Waals surface area contributed by atoms with Crippen LogP contribution in [0.5, 0.6) is 5.75 Å². The van der Waals surface area contributed by atoms with Gasteiger partial charge in [0.05, 0.1) is 12.7 Å². The molecular weight excluding hydrogens is 168 g/mol. The summed E-state index contributed by atoms with van der Waals surface area (Å²) < 4.78 is 5.00. The first-order valence-electron chi connectivity index (χ1n) is 4.18. The number of benzene rings is 1. The van der Waals surface area contributed by atoms with Crippen LogP contribution >= 0.6 is 0 Å². The minimum Gasteiger partial charge on any atom is -0.508 e. The van der Waals surface area contributed by atoms with Gasteiger partial charge in [-0.3, -0.25) is 0 Å². The number of ether oxygens (including phenoxy) is 1. The zero-order chi connectivity index (χ0) is 9.68. The Hall–Kier alpha value is -1.06. The Morgan fingerprint density at radius 3 is 2.62 bits per heavy atom. The number of para-hydroxylation sites is 1. The van der Waals surface area contributed by atoms with E-state index >= 15 is 0 Å². The Bertz CT molecular complexity index is 256. The number of phenolic OH excluding ortho intramolecular Hbond substituents is 1. The standard InChI is InChI=1S/C10H14O3/c1-13-9(7-11)6-8-4-2-3-5-10(8)12/h2-5,9,11-12H,6-7H2,1H3. The fourth-order valence-corrected chi connectivity index (χ4v) is 1.15. The van der Waals surface area contributed by atoms with E-state index in [1.165, 1.54) is 0 Å². The van der Waals surface area contributed by atoms with Gasteiger partial charge in [-0.1, -0.05) is 18.2 Å². The highest BCUT2D eigenvalue weighted by Crippen LogP contribution is 2.17. The number of aromatic hydroxyl groups is 1. The Kier molecular flexibility index (Phi) is 3.73. The van der Waals surface area contributed by atoms with Gasteiger partial charge in [0.25, 0.3) is 0 Å². The van der Waals surface area contributed by atoms with E-state index in [4.69, 9.17) is 9.84 Å². The molecule has 0 bridgehead atoms. The van der Waals surface area contributed by atoms with Crippen molar-refractivity contribution in [1.29, 1.82) is 0 Å². The van der Waals surface area contributed by atoms with Crippen LogP contribution in [0.4, 0.5) is 0 Å². The highest BCUT2D eigenvalue weighted by atomic mass is 16.5. The number of aliphatic hydroxyl groups is 1. The second-order valence-corrected chi connectivity index (χ2v) is 2.87. The zero-order valence-corrected chi connectivity index (χ0v) is 7.60. The van der Waals surface area contributed by atoms with Gasteiger partial charge in [-0.15, -0.1) is 0 Å². The van der Waals surface area contributed by atoms with Gasteiger partial charge in [-0.2, -0.15) is 0 Å². The third-order valence-electron chi connectivity index (χ3n) is 1.98. The minimum absolute atomic E-state index is 0.0369. The summed E-state index contributed by atoms with van der Waals surface area (Å²) in [5.74, 6) is 0.248. The maximum absolute atomic E-state index is 9.41. The molecule has 2 N–H and O–H groups in total. The van der Waals surface area contributed by atoms with E-state index in [2.05, 4.69) is 0 Å². The summed E-state index contributed by atoms with van der Waals surface area (Å²) in [7, 11) is 1.54. The van der Waals surface area contributed by atoms with Crippen LogP contribution in [0.25, 0.3) is 0 Å². The molecule has 0 radical (unpaired) electrons. The van der Waals surface area contributed by atoms with Gasteiger partial charge in [-0.25, -0.2) is 0 Å². The van der Waals surface area contributed by atoms with Crippen LogP contribution in [0, 0.1) is 0 Å². The number of aliphatic hydroxyl groups excluding tert-OH is 1. The van der Waals surface area contributed by atoms with Gasteiger partial charge in [0, 0.05) is 13.5 Å². The molecule has 1 atom stereocenters. The van der Waals surface area contributed by atoms with E-state index in [-0.39, 0.29) is 18.5 Å². The summed E-state index contributed by atoms with van der Waals surface area (Å²) in [6.07, 6.45) is 0.285. The molecule has 1 unspecified atom stereocenters. The van der Waals surface area contributed by atoms with Crippen molar-refractivity contribution in [3.8, 4) is 5.75 Å². The zero-order valence-electron chi connectivity index (χ0n) is 7.60. The fourth-order valence-electron chi connectivity index (χ4n) is 1.15. The molecule has 0 aromatic heterocycles. The number of phenols is 1. The second-order valence-electron chi connectivity index (χ2n) is 2.87. The lowest BCUT2D eigenvalue weighted by Crippen LogP contribution is -2.18. The Morgan fingerprint density at radius 1 is 1.38 bits per heavy atom. The summed E-state index contributed by atoms with van der Waals surface area (Å²) in [6, 6.07) is 7.05. The fraction of sp³-hybridized carbons (Fsp3) is 0.400. The van der Waals surface area contributed by atoms with Crippen molar-refractivity contribution in [2.75, 3.05) is 13.7 Å². The van der Waals surface area contributed by atoms with Crippen molar-refractivity contribution in [3.63, 3.8) is 0 Å². The van der Waals surface area contributed by atoms with Crippen LogP contribution in [0.2, 0.25) is 0 Å². The van der Waals surface area contributed by atoms with E-state index in [1.807, 2.05) is 12.1 Å². The number of hydrogen-bond acceptors (Lipinski definition) is 3.